The van der Waals surface area contributed by atoms with Crippen molar-refractivity contribution in [2.24, 2.45) is 0 Å². The van der Waals surface area contributed by atoms with Gasteiger partial charge in [-0.2, -0.15) is 0 Å². The second kappa shape index (κ2) is 5.85. The highest BCUT2D eigenvalue weighted by Gasteiger charge is 2.32. The van der Waals surface area contributed by atoms with Crippen molar-refractivity contribution in [1.82, 2.24) is 4.90 Å². The summed E-state index contributed by atoms with van der Waals surface area (Å²) in [5.41, 5.74) is 0.781. The van der Waals surface area contributed by atoms with Crippen molar-refractivity contribution in [3.05, 3.63) is 71.3 Å². The Morgan fingerprint density at radius 2 is 1.95 bits per heavy atom. The van der Waals surface area contributed by atoms with Crippen molar-refractivity contribution in [3.8, 4) is 0 Å². The van der Waals surface area contributed by atoms with Crippen LogP contribution in [0.25, 0.3) is 0 Å². The molecular formula is C16H13F2NOS. The molecule has 1 aliphatic rings. The molecule has 2 aromatic rings. The van der Waals surface area contributed by atoms with Crippen LogP contribution in [0.5, 0.6) is 0 Å². The predicted octanol–water partition coefficient (Wildman–Crippen LogP) is 3.85. The molecule has 0 spiro atoms. The Kier molecular flexibility index (Phi) is 3.92. The highest BCUT2D eigenvalue weighted by Crippen LogP contribution is 2.39. The summed E-state index contributed by atoms with van der Waals surface area (Å²) in [6, 6.07) is 12.0. The van der Waals surface area contributed by atoms with E-state index in [0.717, 1.165) is 5.75 Å². The minimum atomic E-state index is -0.449. The fraction of sp³-hybridized carbons (Fsp3) is 0.188. The van der Waals surface area contributed by atoms with Crippen LogP contribution in [-0.4, -0.2) is 23.1 Å². The number of carbonyl (C=O) groups excluding carboxylic acids is 1. The molecular weight excluding hydrogens is 292 g/mol. The average molecular weight is 305 g/mol. The van der Waals surface area contributed by atoms with E-state index in [9.17, 15) is 13.6 Å². The Morgan fingerprint density at radius 1 is 1.14 bits per heavy atom. The van der Waals surface area contributed by atoms with Gasteiger partial charge in [-0.15, -0.1) is 11.8 Å². The monoisotopic (exact) mass is 305 g/mol. The van der Waals surface area contributed by atoms with E-state index < -0.39 is 5.82 Å². The molecule has 2 aromatic carbocycles. The number of hydrogen-bond acceptors (Lipinski definition) is 2. The summed E-state index contributed by atoms with van der Waals surface area (Å²) in [5, 5.41) is -0.359. The molecule has 0 aromatic heterocycles. The Labute approximate surface area is 125 Å². The van der Waals surface area contributed by atoms with Crippen LogP contribution in [0.2, 0.25) is 0 Å². The van der Waals surface area contributed by atoms with Crippen molar-refractivity contribution in [1.29, 1.82) is 0 Å². The van der Waals surface area contributed by atoms with E-state index in [-0.39, 0.29) is 17.1 Å². The first-order valence-electron chi connectivity index (χ1n) is 6.59. The second-order valence-electron chi connectivity index (χ2n) is 4.75. The van der Waals surface area contributed by atoms with E-state index in [0.29, 0.717) is 17.7 Å². The zero-order chi connectivity index (χ0) is 14.8. The van der Waals surface area contributed by atoms with E-state index >= 15 is 0 Å². The minimum Gasteiger partial charge on any atom is -0.322 e. The van der Waals surface area contributed by atoms with Gasteiger partial charge >= 0.3 is 0 Å². The lowest BCUT2D eigenvalue weighted by Crippen LogP contribution is -2.30. The number of amides is 1. The van der Waals surface area contributed by atoms with E-state index in [1.807, 2.05) is 0 Å². The maximum absolute atomic E-state index is 13.9. The van der Waals surface area contributed by atoms with Crippen LogP contribution in [0.15, 0.2) is 48.5 Å². The molecule has 5 heteroatoms. The molecule has 108 valence electrons. The third-order valence-electron chi connectivity index (χ3n) is 3.39. The number of benzene rings is 2. The largest absolute Gasteiger partial charge is 0.322 e. The first kappa shape index (κ1) is 14.1. The lowest BCUT2D eigenvalue weighted by molar-refractivity contribution is 0.0758. The Morgan fingerprint density at radius 3 is 2.71 bits per heavy atom. The van der Waals surface area contributed by atoms with Gasteiger partial charge in [-0.1, -0.05) is 24.3 Å². The van der Waals surface area contributed by atoms with Crippen LogP contribution in [-0.2, 0) is 0 Å². The van der Waals surface area contributed by atoms with Gasteiger partial charge in [0.05, 0.1) is 0 Å². The van der Waals surface area contributed by atoms with Gasteiger partial charge in [0.15, 0.2) is 0 Å². The topological polar surface area (TPSA) is 20.3 Å². The van der Waals surface area contributed by atoms with Crippen molar-refractivity contribution < 1.29 is 13.6 Å². The molecule has 0 unspecified atom stereocenters. The van der Waals surface area contributed by atoms with Gasteiger partial charge in [0.2, 0.25) is 0 Å². The van der Waals surface area contributed by atoms with Gasteiger partial charge in [-0.25, -0.2) is 8.78 Å². The number of rotatable bonds is 2. The molecule has 2 nitrogen and oxygen atoms in total. The Balaban J connectivity index is 1.91. The Hall–Kier alpha value is -1.88. The zero-order valence-corrected chi connectivity index (χ0v) is 11.9. The highest BCUT2D eigenvalue weighted by atomic mass is 32.2. The van der Waals surface area contributed by atoms with Crippen molar-refractivity contribution in [2.75, 3.05) is 12.3 Å². The summed E-state index contributed by atoms with van der Waals surface area (Å²) >= 11 is 1.52. The summed E-state index contributed by atoms with van der Waals surface area (Å²) in [6.07, 6.45) is 0. The van der Waals surface area contributed by atoms with E-state index in [1.165, 1.54) is 36.0 Å². The van der Waals surface area contributed by atoms with E-state index in [2.05, 4.69) is 0 Å². The van der Waals surface area contributed by atoms with Crippen LogP contribution in [0.1, 0.15) is 21.3 Å². The van der Waals surface area contributed by atoms with Gasteiger partial charge in [0.1, 0.15) is 17.0 Å². The maximum Gasteiger partial charge on any atom is 0.255 e. The molecule has 0 N–H and O–H groups in total. The molecule has 1 fully saturated rings. The summed E-state index contributed by atoms with van der Waals surface area (Å²) in [5.74, 6) is -0.308. The number of hydrogen-bond donors (Lipinski definition) is 0. The SMILES string of the molecule is O=C(c1cccc(F)c1)N1CCS[C@@H]1c1ccccc1F. The fourth-order valence-electron chi connectivity index (χ4n) is 2.40. The molecule has 1 heterocycles. The standard InChI is InChI=1S/C16H13F2NOS/c17-12-5-3-4-11(10-12)15(20)19-8-9-21-16(19)13-6-1-2-7-14(13)18/h1-7,10,16H,8-9H2/t16-/m1/s1. The van der Waals surface area contributed by atoms with Crippen molar-refractivity contribution in [2.45, 2.75) is 5.37 Å². The lowest BCUT2D eigenvalue weighted by atomic mass is 10.1. The number of thioether (sulfide) groups is 1. The van der Waals surface area contributed by atoms with Crippen molar-refractivity contribution in [3.63, 3.8) is 0 Å². The summed E-state index contributed by atoms with van der Waals surface area (Å²) in [7, 11) is 0. The quantitative estimate of drug-likeness (QED) is 0.840. The van der Waals surface area contributed by atoms with Gasteiger partial charge in [0.25, 0.3) is 5.91 Å². The molecule has 1 atom stereocenters. The van der Waals surface area contributed by atoms with Crippen LogP contribution in [0, 0.1) is 11.6 Å². The first-order chi connectivity index (χ1) is 10.2. The van der Waals surface area contributed by atoms with Crippen LogP contribution >= 0.6 is 11.8 Å². The third-order valence-corrected chi connectivity index (χ3v) is 4.64. The van der Waals surface area contributed by atoms with Gasteiger partial charge in [-0.3, -0.25) is 4.79 Å². The van der Waals surface area contributed by atoms with E-state index in [1.54, 1.807) is 29.2 Å². The molecule has 1 aliphatic heterocycles. The Bertz CT molecular complexity index is 677. The van der Waals surface area contributed by atoms with Crippen LogP contribution in [0.3, 0.4) is 0 Å². The summed E-state index contributed by atoms with van der Waals surface area (Å²) in [6.45, 7) is 0.527. The predicted molar refractivity (Wildman–Crippen MR) is 79.0 cm³/mol. The van der Waals surface area contributed by atoms with Crippen molar-refractivity contribution >= 4 is 17.7 Å². The van der Waals surface area contributed by atoms with Gasteiger partial charge in [-0.05, 0) is 24.3 Å². The maximum atomic E-state index is 13.9. The minimum absolute atomic E-state index is 0.271. The molecule has 3 rings (SSSR count). The molecule has 1 saturated heterocycles. The molecule has 0 aliphatic carbocycles. The normalized spacial score (nSPS) is 18.0. The fourth-order valence-corrected chi connectivity index (χ4v) is 3.68. The first-order valence-corrected chi connectivity index (χ1v) is 7.64. The second-order valence-corrected chi connectivity index (χ2v) is 5.94. The van der Waals surface area contributed by atoms with Gasteiger partial charge < -0.3 is 4.90 Å². The number of nitrogens with zero attached hydrogens (tertiary/aromatic N) is 1. The average Bonchev–Trinajstić information content (AvgIpc) is 2.96. The summed E-state index contributed by atoms with van der Waals surface area (Å²) in [4.78, 5) is 14.1. The lowest BCUT2D eigenvalue weighted by Gasteiger charge is -2.24. The molecule has 1 amide bonds. The number of carbonyl (C=O) groups is 1. The molecule has 21 heavy (non-hydrogen) atoms. The third kappa shape index (κ3) is 2.78. The molecule has 0 bridgehead atoms. The van der Waals surface area contributed by atoms with E-state index in [4.69, 9.17) is 0 Å². The van der Waals surface area contributed by atoms with Gasteiger partial charge in [0, 0.05) is 23.4 Å². The van der Waals surface area contributed by atoms with Crippen LogP contribution < -0.4 is 0 Å². The summed E-state index contributed by atoms with van der Waals surface area (Å²) < 4.78 is 27.2. The zero-order valence-electron chi connectivity index (χ0n) is 11.1. The van der Waals surface area contributed by atoms with Crippen LogP contribution in [0.4, 0.5) is 8.78 Å². The molecule has 0 saturated carbocycles. The number of halogens is 2. The smallest absolute Gasteiger partial charge is 0.255 e. The molecule has 0 radical (unpaired) electrons. The highest BCUT2D eigenvalue weighted by molar-refractivity contribution is 7.99.